The van der Waals surface area contributed by atoms with Crippen molar-refractivity contribution in [3.63, 3.8) is 0 Å². The van der Waals surface area contributed by atoms with Gasteiger partial charge in [-0.15, -0.1) is 0 Å². The Kier molecular flexibility index (Phi) is 4.20. The zero-order chi connectivity index (χ0) is 18.4. The van der Waals surface area contributed by atoms with Gasteiger partial charge in [-0.3, -0.25) is 0 Å². The Balaban J connectivity index is 1.31. The van der Waals surface area contributed by atoms with Crippen molar-refractivity contribution in [2.24, 2.45) is 11.3 Å². The second-order valence-corrected chi connectivity index (χ2v) is 7.94. The number of halogens is 3. The summed E-state index contributed by atoms with van der Waals surface area (Å²) in [6, 6.07) is 1.01. The fourth-order valence-electron chi connectivity index (χ4n) is 4.41. The molecule has 0 spiro atoms. The SMILES string of the molecule is Nc1ncc(-c2cn(CCCCCC34CC(C3)C4)cn2)cc1C(F)(F)F. The molecule has 0 atom stereocenters. The van der Waals surface area contributed by atoms with Crippen LogP contribution < -0.4 is 5.73 Å². The first-order valence-corrected chi connectivity index (χ1v) is 9.20. The third-order valence-electron chi connectivity index (χ3n) is 5.94. The number of anilines is 1. The number of aryl methyl sites for hydroxylation is 1. The summed E-state index contributed by atoms with van der Waals surface area (Å²) in [7, 11) is 0. The van der Waals surface area contributed by atoms with Gasteiger partial charge < -0.3 is 10.3 Å². The molecular weight excluding hydrogens is 341 g/mol. The van der Waals surface area contributed by atoms with Gasteiger partial charge in [0.25, 0.3) is 0 Å². The predicted octanol–water partition coefficient (Wildman–Crippen LogP) is 4.91. The Hall–Kier alpha value is -2.05. The monoisotopic (exact) mass is 364 g/mol. The Labute approximate surface area is 150 Å². The van der Waals surface area contributed by atoms with Crippen LogP contribution in [0.1, 0.15) is 50.5 Å². The van der Waals surface area contributed by atoms with Crippen LogP contribution in [0.5, 0.6) is 0 Å². The molecule has 2 aromatic rings. The number of alkyl halides is 3. The highest BCUT2D eigenvalue weighted by Gasteiger charge is 2.55. The predicted molar refractivity (Wildman–Crippen MR) is 93.1 cm³/mol. The third-order valence-corrected chi connectivity index (χ3v) is 5.94. The molecule has 5 rings (SSSR count). The minimum atomic E-state index is -4.52. The summed E-state index contributed by atoms with van der Waals surface area (Å²) >= 11 is 0. The number of pyridine rings is 1. The lowest BCUT2D eigenvalue weighted by Crippen LogP contribution is -2.51. The van der Waals surface area contributed by atoms with Gasteiger partial charge in [-0.25, -0.2) is 9.97 Å². The van der Waals surface area contributed by atoms with E-state index in [2.05, 4.69) is 9.97 Å². The average Bonchev–Trinajstić information content (AvgIpc) is 2.96. The van der Waals surface area contributed by atoms with Gasteiger partial charge >= 0.3 is 6.18 Å². The van der Waals surface area contributed by atoms with Crippen LogP contribution >= 0.6 is 0 Å². The topological polar surface area (TPSA) is 56.7 Å². The van der Waals surface area contributed by atoms with Crippen molar-refractivity contribution in [3.8, 4) is 11.3 Å². The molecular formula is C19H23F3N4. The van der Waals surface area contributed by atoms with Gasteiger partial charge in [-0.1, -0.05) is 12.8 Å². The Morgan fingerprint density at radius 2 is 1.92 bits per heavy atom. The van der Waals surface area contributed by atoms with Crippen molar-refractivity contribution in [1.29, 1.82) is 0 Å². The van der Waals surface area contributed by atoms with Gasteiger partial charge in [0, 0.05) is 24.5 Å². The number of rotatable bonds is 7. The average molecular weight is 364 g/mol. The van der Waals surface area contributed by atoms with E-state index in [1.165, 1.54) is 44.7 Å². The first-order chi connectivity index (χ1) is 12.3. The number of unbranched alkanes of at least 4 members (excludes halogenated alkanes) is 2. The largest absolute Gasteiger partial charge is 0.419 e. The van der Waals surface area contributed by atoms with Crippen LogP contribution in [0.3, 0.4) is 0 Å². The minimum Gasteiger partial charge on any atom is -0.383 e. The van der Waals surface area contributed by atoms with Crippen LogP contribution in [0.4, 0.5) is 19.0 Å². The van der Waals surface area contributed by atoms with E-state index in [-0.39, 0.29) is 0 Å². The fourth-order valence-corrected chi connectivity index (χ4v) is 4.41. The maximum absolute atomic E-state index is 13.0. The van der Waals surface area contributed by atoms with Gasteiger partial charge in [0.15, 0.2) is 0 Å². The Bertz CT molecular complexity index is 779. The number of nitrogens with two attached hydrogens (primary N) is 1. The van der Waals surface area contributed by atoms with Crippen LogP contribution in [0.25, 0.3) is 11.3 Å². The first kappa shape index (κ1) is 17.4. The molecule has 0 radical (unpaired) electrons. The number of hydrogen-bond donors (Lipinski definition) is 1. The molecule has 3 aliphatic rings. The van der Waals surface area contributed by atoms with E-state index in [1.807, 2.05) is 4.57 Å². The van der Waals surface area contributed by atoms with Crippen LogP contribution in [-0.4, -0.2) is 14.5 Å². The molecule has 3 aliphatic carbocycles. The third kappa shape index (κ3) is 3.31. The molecule has 140 valence electrons. The van der Waals surface area contributed by atoms with Crippen molar-refractivity contribution < 1.29 is 13.2 Å². The molecule has 3 saturated carbocycles. The molecule has 0 saturated heterocycles. The summed E-state index contributed by atoms with van der Waals surface area (Å²) in [5.74, 6) is 0.532. The van der Waals surface area contributed by atoms with Crippen LogP contribution in [0.2, 0.25) is 0 Å². The summed E-state index contributed by atoms with van der Waals surface area (Å²) in [5.41, 5.74) is 5.95. The molecule has 0 aromatic carbocycles. The smallest absolute Gasteiger partial charge is 0.383 e. The summed E-state index contributed by atoms with van der Waals surface area (Å²) in [5, 5.41) is 0. The zero-order valence-corrected chi connectivity index (χ0v) is 14.6. The van der Waals surface area contributed by atoms with Gasteiger partial charge in [0.05, 0.1) is 17.6 Å². The molecule has 2 N–H and O–H groups in total. The molecule has 7 heteroatoms. The van der Waals surface area contributed by atoms with Crippen molar-refractivity contribution in [3.05, 3.63) is 30.4 Å². The minimum absolute atomic E-state index is 0.328. The second-order valence-electron chi connectivity index (χ2n) is 7.94. The fraction of sp³-hybridized carbons (Fsp3) is 0.579. The van der Waals surface area contributed by atoms with Crippen molar-refractivity contribution in [1.82, 2.24) is 14.5 Å². The summed E-state index contributed by atoms with van der Waals surface area (Å²) < 4.78 is 40.8. The Morgan fingerprint density at radius 1 is 1.15 bits per heavy atom. The molecule has 2 heterocycles. The molecule has 2 aromatic heterocycles. The van der Waals surface area contributed by atoms with Crippen LogP contribution in [0, 0.1) is 11.3 Å². The first-order valence-electron chi connectivity index (χ1n) is 9.20. The standard InChI is InChI=1S/C19H23F3N4/c20-19(21,22)15-6-14(10-24-17(15)23)16-11-26(12-25-16)5-3-1-2-4-18-7-13(8-18)9-18/h6,10-13H,1-5,7-9H2,(H2,23,24). The number of hydrogen-bond acceptors (Lipinski definition) is 3. The van der Waals surface area contributed by atoms with E-state index in [0.717, 1.165) is 24.9 Å². The summed E-state index contributed by atoms with van der Waals surface area (Å²) in [6.07, 6.45) is 9.48. The maximum atomic E-state index is 13.0. The van der Waals surface area contributed by atoms with E-state index in [9.17, 15) is 13.2 Å². The lowest BCUT2D eigenvalue weighted by molar-refractivity contribution is -0.137. The number of imidazole rings is 1. The van der Waals surface area contributed by atoms with Gasteiger partial charge in [-0.05, 0) is 49.5 Å². The molecule has 26 heavy (non-hydrogen) atoms. The lowest BCUT2D eigenvalue weighted by Gasteiger charge is -2.62. The van der Waals surface area contributed by atoms with Crippen LogP contribution in [-0.2, 0) is 12.7 Å². The number of aromatic nitrogens is 3. The van der Waals surface area contributed by atoms with E-state index in [0.29, 0.717) is 16.7 Å². The highest BCUT2D eigenvalue weighted by Crippen LogP contribution is 2.66. The van der Waals surface area contributed by atoms with Gasteiger partial charge in [0.1, 0.15) is 5.82 Å². The quantitative estimate of drug-likeness (QED) is 0.711. The zero-order valence-electron chi connectivity index (χ0n) is 14.6. The second kappa shape index (κ2) is 6.28. The van der Waals surface area contributed by atoms with Crippen LogP contribution in [0.15, 0.2) is 24.8 Å². The van der Waals surface area contributed by atoms with Crippen molar-refractivity contribution >= 4 is 5.82 Å². The molecule has 0 aliphatic heterocycles. The van der Waals surface area contributed by atoms with Gasteiger partial charge in [-0.2, -0.15) is 13.2 Å². The normalized spacial score (nSPS) is 24.2. The summed E-state index contributed by atoms with van der Waals surface area (Å²) in [6.45, 7) is 0.831. The number of nitrogens with zero attached hydrogens (tertiary/aromatic N) is 3. The molecule has 3 fully saturated rings. The molecule has 4 nitrogen and oxygen atoms in total. The highest BCUT2D eigenvalue weighted by atomic mass is 19.4. The van der Waals surface area contributed by atoms with E-state index >= 15 is 0 Å². The lowest BCUT2D eigenvalue weighted by atomic mass is 9.43. The Morgan fingerprint density at radius 3 is 2.58 bits per heavy atom. The summed E-state index contributed by atoms with van der Waals surface area (Å²) in [4.78, 5) is 7.89. The van der Waals surface area contributed by atoms with Gasteiger partial charge in [0.2, 0.25) is 0 Å². The van der Waals surface area contributed by atoms with Crippen molar-refractivity contribution in [2.45, 2.75) is 57.7 Å². The van der Waals surface area contributed by atoms with Crippen molar-refractivity contribution in [2.75, 3.05) is 5.73 Å². The molecule has 2 bridgehead atoms. The van der Waals surface area contributed by atoms with E-state index in [1.54, 1.807) is 12.5 Å². The maximum Gasteiger partial charge on any atom is 0.419 e. The molecule has 0 amide bonds. The van der Waals surface area contributed by atoms with E-state index in [4.69, 9.17) is 5.73 Å². The molecule has 0 unspecified atom stereocenters. The highest BCUT2D eigenvalue weighted by molar-refractivity contribution is 5.61. The van der Waals surface area contributed by atoms with E-state index < -0.39 is 17.6 Å². The number of nitrogen functional groups attached to an aromatic ring is 1.